The Kier molecular flexibility index (Phi) is 6.40. The number of anilines is 1. The molecule has 0 spiro atoms. The second kappa shape index (κ2) is 9.15. The van der Waals surface area contributed by atoms with Crippen LogP contribution >= 0.6 is 11.8 Å². The molecule has 3 rings (SSSR count). The number of benzene rings is 1. The van der Waals surface area contributed by atoms with Crippen molar-refractivity contribution in [1.82, 2.24) is 19.7 Å². The van der Waals surface area contributed by atoms with Gasteiger partial charge in [-0.3, -0.25) is 9.78 Å². The molecule has 1 amide bonds. The van der Waals surface area contributed by atoms with Gasteiger partial charge in [-0.2, -0.15) is 5.26 Å². The maximum Gasteiger partial charge on any atom is 0.237 e. The third-order valence-corrected chi connectivity index (χ3v) is 5.12. The summed E-state index contributed by atoms with van der Waals surface area (Å²) in [6.07, 6.45) is 4.37. The van der Waals surface area contributed by atoms with Crippen LogP contribution in [0.15, 0.2) is 53.9 Å². The lowest BCUT2D eigenvalue weighted by atomic mass is 10.2. The molecule has 0 bridgehead atoms. The van der Waals surface area contributed by atoms with Gasteiger partial charge in [-0.15, -0.1) is 10.2 Å². The number of thioether (sulfide) groups is 1. The molecular formula is C20H20N6OS. The van der Waals surface area contributed by atoms with Gasteiger partial charge >= 0.3 is 0 Å². The first kappa shape index (κ1) is 19.6. The molecule has 142 valence electrons. The second-order valence-corrected chi connectivity index (χ2v) is 7.44. The number of rotatable bonds is 7. The minimum Gasteiger partial charge on any atom is -0.325 e. The van der Waals surface area contributed by atoms with Crippen LogP contribution in [0.5, 0.6) is 0 Å². The summed E-state index contributed by atoms with van der Waals surface area (Å²) >= 11 is 1.37. The number of amides is 1. The van der Waals surface area contributed by atoms with Gasteiger partial charge in [-0.25, -0.2) is 0 Å². The van der Waals surface area contributed by atoms with Crippen LogP contribution in [-0.2, 0) is 11.3 Å². The van der Waals surface area contributed by atoms with E-state index < -0.39 is 0 Å². The molecule has 2 aromatic heterocycles. The first-order chi connectivity index (χ1) is 13.6. The highest BCUT2D eigenvalue weighted by atomic mass is 32.2. The van der Waals surface area contributed by atoms with Crippen LogP contribution in [0.4, 0.5) is 5.69 Å². The summed E-state index contributed by atoms with van der Waals surface area (Å²) in [5.74, 6) is 0.637. The Morgan fingerprint density at radius 3 is 2.57 bits per heavy atom. The van der Waals surface area contributed by atoms with Gasteiger partial charge in [0.05, 0.1) is 16.9 Å². The zero-order valence-corrected chi connectivity index (χ0v) is 16.5. The molecular weight excluding hydrogens is 372 g/mol. The predicted molar refractivity (Wildman–Crippen MR) is 109 cm³/mol. The molecule has 1 N–H and O–H groups in total. The fraction of sp³-hybridized carbons (Fsp3) is 0.250. The minimum atomic E-state index is -0.360. The molecule has 0 unspecified atom stereocenters. The smallest absolute Gasteiger partial charge is 0.237 e. The molecule has 0 aliphatic carbocycles. The Hall–Kier alpha value is -3.18. The Bertz CT molecular complexity index is 978. The second-order valence-electron chi connectivity index (χ2n) is 6.13. The Balaban J connectivity index is 1.74. The van der Waals surface area contributed by atoms with E-state index in [9.17, 15) is 4.79 Å². The fourth-order valence-electron chi connectivity index (χ4n) is 2.60. The lowest BCUT2D eigenvalue weighted by molar-refractivity contribution is -0.115. The average molecular weight is 392 g/mol. The maximum atomic E-state index is 12.6. The topological polar surface area (TPSA) is 96.5 Å². The number of hydrogen-bond donors (Lipinski definition) is 1. The van der Waals surface area contributed by atoms with Gasteiger partial charge in [0.2, 0.25) is 5.91 Å². The number of pyridine rings is 1. The monoisotopic (exact) mass is 392 g/mol. The Labute approximate surface area is 167 Å². The SMILES string of the molecule is CCCn1c(S[C@@H](C)C(=O)Nc2ccc(C#N)cc2)nnc1-c1ccncc1. The summed E-state index contributed by atoms with van der Waals surface area (Å²) < 4.78 is 2.03. The van der Waals surface area contributed by atoms with Crippen molar-refractivity contribution < 1.29 is 4.79 Å². The van der Waals surface area contributed by atoms with Crippen molar-refractivity contribution in [3.63, 3.8) is 0 Å². The van der Waals surface area contributed by atoms with Gasteiger partial charge in [0.15, 0.2) is 11.0 Å². The summed E-state index contributed by atoms with van der Waals surface area (Å²) in [5, 5.41) is 20.7. The number of nitrogens with one attached hydrogen (secondary N) is 1. The zero-order chi connectivity index (χ0) is 19.9. The van der Waals surface area contributed by atoms with E-state index in [-0.39, 0.29) is 11.2 Å². The van der Waals surface area contributed by atoms with E-state index in [1.165, 1.54) is 11.8 Å². The predicted octanol–water partition coefficient (Wildman–Crippen LogP) is 3.74. The molecule has 0 radical (unpaired) electrons. The van der Waals surface area contributed by atoms with Crippen molar-refractivity contribution in [2.24, 2.45) is 0 Å². The van der Waals surface area contributed by atoms with Crippen LogP contribution in [0.1, 0.15) is 25.8 Å². The van der Waals surface area contributed by atoms with Crippen molar-refractivity contribution in [2.45, 2.75) is 37.2 Å². The standard InChI is InChI=1S/C20H20N6OS/c1-3-12-26-18(16-8-10-22-11-9-16)24-25-20(26)28-14(2)19(27)23-17-6-4-15(13-21)5-7-17/h4-11,14H,3,12H2,1-2H3,(H,23,27)/t14-/m0/s1. The summed E-state index contributed by atoms with van der Waals surface area (Å²) in [6.45, 7) is 4.68. The molecule has 1 atom stereocenters. The van der Waals surface area contributed by atoms with Gasteiger partial charge in [0, 0.05) is 30.2 Å². The van der Waals surface area contributed by atoms with Crippen molar-refractivity contribution in [3.8, 4) is 17.5 Å². The molecule has 0 aliphatic heterocycles. The maximum absolute atomic E-state index is 12.6. The van der Waals surface area contributed by atoms with Crippen molar-refractivity contribution >= 4 is 23.4 Å². The highest BCUT2D eigenvalue weighted by Crippen LogP contribution is 2.27. The van der Waals surface area contributed by atoms with Crippen LogP contribution < -0.4 is 5.32 Å². The van der Waals surface area contributed by atoms with E-state index in [0.29, 0.717) is 16.4 Å². The lowest BCUT2D eigenvalue weighted by Gasteiger charge is -2.13. The van der Waals surface area contributed by atoms with Gasteiger partial charge in [0.25, 0.3) is 0 Å². The first-order valence-corrected chi connectivity index (χ1v) is 9.81. The zero-order valence-electron chi connectivity index (χ0n) is 15.7. The van der Waals surface area contributed by atoms with E-state index in [0.717, 1.165) is 24.4 Å². The van der Waals surface area contributed by atoms with Crippen LogP contribution in [0.25, 0.3) is 11.4 Å². The lowest BCUT2D eigenvalue weighted by Crippen LogP contribution is -2.23. The molecule has 0 saturated carbocycles. The normalized spacial score (nSPS) is 11.6. The number of carbonyl (C=O) groups excluding carboxylic acids is 1. The molecule has 1 aromatic carbocycles. The highest BCUT2D eigenvalue weighted by molar-refractivity contribution is 8.00. The quantitative estimate of drug-likeness (QED) is 0.615. The summed E-state index contributed by atoms with van der Waals surface area (Å²) in [6, 6.07) is 12.6. The highest BCUT2D eigenvalue weighted by Gasteiger charge is 2.20. The van der Waals surface area contributed by atoms with E-state index in [1.54, 1.807) is 36.7 Å². The molecule has 0 fully saturated rings. The van der Waals surface area contributed by atoms with Crippen molar-refractivity contribution in [2.75, 3.05) is 5.32 Å². The molecule has 3 aromatic rings. The minimum absolute atomic E-state index is 0.133. The summed E-state index contributed by atoms with van der Waals surface area (Å²) in [5.41, 5.74) is 2.15. The van der Waals surface area contributed by atoms with Crippen molar-refractivity contribution in [3.05, 3.63) is 54.4 Å². The first-order valence-electron chi connectivity index (χ1n) is 8.93. The van der Waals surface area contributed by atoms with Crippen molar-refractivity contribution in [1.29, 1.82) is 5.26 Å². The number of nitrogens with zero attached hydrogens (tertiary/aromatic N) is 5. The van der Waals surface area contributed by atoms with Gasteiger partial charge in [-0.05, 0) is 49.7 Å². The molecule has 0 aliphatic rings. The number of carbonyl (C=O) groups is 1. The third kappa shape index (κ3) is 4.56. The van der Waals surface area contributed by atoms with Crippen LogP contribution in [0.3, 0.4) is 0 Å². The van der Waals surface area contributed by atoms with Gasteiger partial charge < -0.3 is 9.88 Å². The van der Waals surface area contributed by atoms with E-state index in [1.807, 2.05) is 23.6 Å². The van der Waals surface area contributed by atoms with Crippen LogP contribution in [0, 0.1) is 11.3 Å². The largest absolute Gasteiger partial charge is 0.325 e. The number of hydrogen-bond acceptors (Lipinski definition) is 6. The van der Waals surface area contributed by atoms with Crippen LogP contribution in [-0.4, -0.2) is 30.9 Å². The molecule has 8 heteroatoms. The molecule has 2 heterocycles. The van der Waals surface area contributed by atoms with Gasteiger partial charge in [0.1, 0.15) is 0 Å². The summed E-state index contributed by atoms with van der Waals surface area (Å²) in [4.78, 5) is 16.6. The molecule has 7 nitrogen and oxygen atoms in total. The van der Waals surface area contributed by atoms with Gasteiger partial charge in [-0.1, -0.05) is 18.7 Å². The Morgan fingerprint density at radius 1 is 1.21 bits per heavy atom. The number of nitriles is 1. The molecule has 0 saturated heterocycles. The third-order valence-electron chi connectivity index (χ3n) is 4.04. The summed E-state index contributed by atoms with van der Waals surface area (Å²) in [7, 11) is 0. The van der Waals surface area contributed by atoms with E-state index in [2.05, 4.69) is 33.5 Å². The average Bonchev–Trinajstić information content (AvgIpc) is 3.11. The number of aromatic nitrogens is 4. The van der Waals surface area contributed by atoms with Crippen LogP contribution in [0.2, 0.25) is 0 Å². The van der Waals surface area contributed by atoms with E-state index >= 15 is 0 Å². The Morgan fingerprint density at radius 2 is 1.93 bits per heavy atom. The van der Waals surface area contributed by atoms with E-state index in [4.69, 9.17) is 5.26 Å². The molecule has 28 heavy (non-hydrogen) atoms. The fourth-order valence-corrected chi connectivity index (χ4v) is 3.47.